The summed E-state index contributed by atoms with van der Waals surface area (Å²) in [5.74, 6) is 1.96. The number of hydrogen-bond donors (Lipinski definition) is 1. The van der Waals surface area contributed by atoms with Gasteiger partial charge in [0.1, 0.15) is 5.75 Å². The van der Waals surface area contributed by atoms with Crippen LogP contribution in [0.2, 0.25) is 0 Å². The van der Waals surface area contributed by atoms with Crippen molar-refractivity contribution in [2.45, 2.75) is 47.3 Å². The van der Waals surface area contributed by atoms with E-state index in [1.807, 2.05) is 64.1 Å². The minimum Gasteiger partial charge on any atom is -0.490 e. The molecule has 0 unspecified atom stereocenters. The van der Waals surface area contributed by atoms with Crippen LogP contribution in [-0.4, -0.2) is 25.2 Å². The van der Waals surface area contributed by atoms with Crippen molar-refractivity contribution in [1.29, 1.82) is 0 Å². The second-order valence-corrected chi connectivity index (χ2v) is 6.39. The van der Waals surface area contributed by atoms with Crippen molar-refractivity contribution in [3.8, 4) is 17.2 Å². The van der Waals surface area contributed by atoms with Crippen LogP contribution in [0.3, 0.4) is 0 Å². The molecule has 27 heavy (non-hydrogen) atoms. The molecule has 0 heterocycles. The Hall–Kier alpha value is -2.69. The first kappa shape index (κ1) is 20.6. The molecule has 1 amide bonds. The van der Waals surface area contributed by atoms with Gasteiger partial charge < -0.3 is 19.5 Å². The van der Waals surface area contributed by atoms with Crippen molar-refractivity contribution >= 4 is 5.91 Å². The Morgan fingerprint density at radius 1 is 0.963 bits per heavy atom. The summed E-state index contributed by atoms with van der Waals surface area (Å²) >= 11 is 0. The Balaban J connectivity index is 1.96. The second kappa shape index (κ2) is 9.86. The minimum absolute atomic E-state index is 0.165. The van der Waals surface area contributed by atoms with E-state index in [0.717, 1.165) is 22.4 Å². The summed E-state index contributed by atoms with van der Waals surface area (Å²) in [6.45, 7) is 11.1. The molecule has 146 valence electrons. The highest BCUT2D eigenvalue weighted by Gasteiger charge is 2.16. The minimum atomic E-state index is -0.583. The first-order valence-corrected chi connectivity index (χ1v) is 9.34. The van der Waals surface area contributed by atoms with Crippen LogP contribution in [0.15, 0.2) is 36.4 Å². The summed E-state index contributed by atoms with van der Waals surface area (Å²) in [7, 11) is 0. The highest BCUT2D eigenvalue weighted by atomic mass is 16.5. The van der Waals surface area contributed by atoms with E-state index >= 15 is 0 Å². The van der Waals surface area contributed by atoms with E-state index in [9.17, 15) is 4.79 Å². The van der Waals surface area contributed by atoms with Crippen LogP contribution in [0.4, 0.5) is 0 Å². The fourth-order valence-corrected chi connectivity index (χ4v) is 2.71. The summed E-state index contributed by atoms with van der Waals surface area (Å²) in [6, 6.07) is 11.6. The van der Waals surface area contributed by atoms with Gasteiger partial charge in [0.2, 0.25) is 0 Å². The van der Waals surface area contributed by atoms with E-state index in [-0.39, 0.29) is 5.91 Å². The third-order valence-corrected chi connectivity index (χ3v) is 4.08. The number of ether oxygens (including phenoxy) is 3. The highest BCUT2D eigenvalue weighted by molar-refractivity contribution is 5.80. The van der Waals surface area contributed by atoms with Crippen molar-refractivity contribution in [2.24, 2.45) is 0 Å². The monoisotopic (exact) mass is 371 g/mol. The van der Waals surface area contributed by atoms with Crippen LogP contribution in [0.25, 0.3) is 0 Å². The Kier molecular flexibility index (Phi) is 7.53. The van der Waals surface area contributed by atoms with Gasteiger partial charge in [0.15, 0.2) is 17.6 Å². The van der Waals surface area contributed by atoms with E-state index in [2.05, 4.69) is 5.32 Å². The number of benzene rings is 2. The molecule has 2 aromatic carbocycles. The fraction of sp³-hybridized carbons (Fsp3) is 0.409. The number of carbonyl (C=O) groups excluding carboxylic acids is 1. The number of carbonyl (C=O) groups is 1. The fourth-order valence-electron chi connectivity index (χ4n) is 2.71. The quantitative estimate of drug-likeness (QED) is 0.718. The smallest absolute Gasteiger partial charge is 0.261 e. The second-order valence-electron chi connectivity index (χ2n) is 6.39. The van der Waals surface area contributed by atoms with Gasteiger partial charge in [-0.15, -0.1) is 0 Å². The van der Waals surface area contributed by atoms with Crippen molar-refractivity contribution in [2.75, 3.05) is 13.2 Å². The van der Waals surface area contributed by atoms with Crippen molar-refractivity contribution in [3.63, 3.8) is 0 Å². The zero-order valence-electron chi connectivity index (χ0n) is 16.8. The molecule has 5 heteroatoms. The van der Waals surface area contributed by atoms with Gasteiger partial charge >= 0.3 is 0 Å². The molecule has 2 rings (SSSR count). The van der Waals surface area contributed by atoms with E-state index in [4.69, 9.17) is 14.2 Å². The Morgan fingerprint density at radius 2 is 1.63 bits per heavy atom. The lowest BCUT2D eigenvalue weighted by Gasteiger charge is -2.17. The van der Waals surface area contributed by atoms with Crippen molar-refractivity contribution in [1.82, 2.24) is 5.32 Å². The lowest BCUT2D eigenvalue weighted by molar-refractivity contribution is -0.127. The lowest BCUT2D eigenvalue weighted by Crippen LogP contribution is -2.36. The van der Waals surface area contributed by atoms with E-state index in [0.29, 0.717) is 31.3 Å². The molecule has 1 N–H and O–H groups in total. The van der Waals surface area contributed by atoms with E-state index < -0.39 is 6.10 Å². The van der Waals surface area contributed by atoms with E-state index in [1.165, 1.54) is 0 Å². The largest absolute Gasteiger partial charge is 0.490 e. The zero-order valence-corrected chi connectivity index (χ0v) is 16.8. The lowest BCUT2D eigenvalue weighted by atomic mass is 10.1. The molecule has 1 atom stereocenters. The molecule has 0 radical (unpaired) electrons. The average molecular weight is 371 g/mol. The van der Waals surface area contributed by atoms with Crippen LogP contribution in [-0.2, 0) is 11.3 Å². The molecule has 0 fully saturated rings. The van der Waals surface area contributed by atoms with Gasteiger partial charge in [-0.25, -0.2) is 0 Å². The van der Waals surface area contributed by atoms with Gasteiger partial charge in [0.25, 0.3) is 5.91 Å². The molecule has 0 saturated carbocycles. The number of rotatable bonds is 9. The van der Waals surface area contributed by atoms with Crippen LogP contribution < -0.4 is 19.5 Å². The van der Waals surface area contributed by atoms with Gasteiger partial charge in [-0.3, -0.25) is 4.79 Å². The van der Waals surface area contributed by atoms with Gasteiger partial charge in [-0.1, -0.05) is 23.8 Å². The molecule has 0 aromatic heterocycles. The predicted octanol–water partition coefficient (Wildman–Crippen LogP) is 4.18. The topological polar surface area (TPSA) is 56.8 Å². The Bertz CT molecular complexity index is 773. The number of hydrogen-bond acceptors (Lipinski definition) is 4. The van der Waals surface area contributed by atoms with Gasteiger partial charge in [0, 0.05) is 6.54 Å². The van der Waals surface area contributed by atoms with E-state index in [1.54, 1.807) is 6.92 Å². The van der Waals surface area contributed by atoms with Gasteiger partial charge in [-0.2, -0.15) is 0 Å². The summed E-state index contributed by atoms with van der Waals surface area (Å²) < 4.78 is 17.0. The molecule has 0 spiro atoms. The van der Waals surface area contributed by atoms with Gasteiger partial charge in [0.05, 0.1) is 13.2 Å². The summed E-state index contributed by atoms with van der Waals surface area (Å²) in [6.07, 6.45) is -0.583. The molecule has 0 aliphatic heterocycles. The molecule has 0 aliphatic rings. The molecule has 0 saturated heterocycles. The van der Waals surface area contributed by atoms with Crippen LogP contribution in [0.5, 0.6) is 17.2 Å². The Labute approximate surface area is 161 Å². The third kappa shape index (κ3) is 5.91. The SMILES string of the molecule is CCOc1ccc(CNC(=O)[C@H](C)Oc2ccc(C)cc2C)cc1OCC. The normalized spacial score (nSPS) is 11.6. The van der Waals surface area contributed by atoms with Crippen molar-refractivity contribution in [3.05, 3.63) is 53.1 Å². The standard InChI is InChI=1S/C22H29NO4/c1-6-25-20-11-9-18(13-21(20)26-7-2)14-23-22(24)17(5)27-19-10-8-15(3)12-16(19)4/h8-13,17H,6-7,14H2,1-5H3,(H,23,24)/t17-/m0/s1. The maximum absolute atomic E-state index is 12.4. The zero-order chi connectivity index (χ0) is 19.8. The maximum atomic E-state index is 12.4. The van der Waals surface area contributed by atoms with Gasteiger partial charge in [-0.05, 0) is 63.9 Å². The first-order chi connectivity index (χ1) is 12.9. The molecular formula is C22H29NO4. The molecule has 5 nitrogen and oxygen atoms in total. The van der Waals surface area contributed by atoms with Crippen LogP contribution in [0.1, 0.15) is 37.5 Å². The van der Waals surface area contributed by atoms with Crippen LogP contribution in [0, 0.1) is 13.8 Å². The number of aryl methyl sites for hydroxylation is 2. The summed E-state index contributed by atoms with van der Waals surface area (Å²) in [4.78, 5) is 12.4. The van der Waals surface area contributed by atoms with Crippen molar-refractivity contribution < 1.29 is 19.0 Å². The first-order valence-electron chi connectivity index (χ1n) is 9.34. The molecule has 2 aromatic rings. The summed E-state index contributed by atoms with van der Waals surface area (Å²) in [5, 5.41) is 2.91. The Morgan fingerprint density at radius 3 is 2.30 bits per heavy atom. The highest BCUT2D eigenvalue weighted by Crippen LogP contribution is 2.28. The van der Waals surface area contributed by atoms with Crippen LogP contribution >= 0.6 is 0 Å². The summed E-state index contributed by atoms with van der Waals surface area (Å²) in [5.41, 5.74) is 3.12. The number of nitrogens with one attached hydrogen (secondary N) is 1. The predicted molar refractivity (Wildman–Crippen MR) is 107 cm³/mol. The third-order valence-electron chi connectivity index (χ3n) is 4.08. The average Bonchev–Trinajstić information content (AvgIpc) is 2.64. The molecule has 0 aliphatic carbocycles. The maximum Gasteiger partial charge on any atom is 0.261 e. The molecular weight excluding hydrogens is 342 g/mol. The molecule has 0 bridgehead atoms. The number of amides is 1.